The van der Waals surface area contributed by atoms with E-state index in [1.165, 1.54) is 0 Å². The molecule has 0 fully saturated rings. The van der Waals surface area contributed by atoms with Crippen LogP contribution in [0, 0.1) is 5.92 Å². The largest absolute Gasteiger partial charge is 0.370 e. The molecule has 1 aromatic carbocycles. The van der Waals surface area contributed by atoms with Gasteiger partial charge in [0.2, 0.25) is 0 Å². The van der Waals surface area contributed by atoms with Gasteiger partial charge in [0.15, 0.2) is 0 Å². The lowest BCUT2D eigenvalue weighted by molar-refractivity contribution is 0.0964. The maximum atomic E-state index is 12.3. The number of carbonyl (C=O) groups excluding carboxylic acids is 1. The molecule has 0 aliphatic rings. The molecule has 4 aromatic rings. The molecule has 2 atom stereocenters. The number of rotatable bonds is 7. The summed E-state index contributed by atoms with van der Waals surface area (Å²) in [6.07, 6.45) is 6.80. The number of nitrogens with zero attached hydrogens (tertiary/aromatic N) is 4. The van der Waals surface area contributed by atoms with Crippen LogP contribution in [-0.4, -0.2) is 39.4 Å². The summed E-state index contributed by atoms with van der Waals surface area (Å²) < 4.78 is 0. The molecule has 0 spiro atoms. The van der Waals surface area contributed by atoms with Crippen LogP contribution < -0.4 is 10.6 Å². The van der Waals surface area contributed by atoms with Crippen LogP contribution in [0.5, 0.6) is 0 Å². The monoisotopic (exact) mass is 426 g/mol. The Bertz CT molecular complexity index is 1230. The van der Waals surface area contributed by atoms with E-state index in [-0.39, 0.29) is 11.8 Å². The van der Waals surface area contributed by atoms with Crippen LogP contribution in [-0.2, 0) is 0 Å². The number of para-hydroxylation sites is 1. The lowest BCUT2D eigenvalue weighted by Gasteiger charge is -2.22. The Morgan fingerprint density at radius 1 is 1.03 bits per heavy atom. The number of hydrogen-bond donors (Lipinski definition) is 2. The van der Waals surface area contributed by atoms with Crippen LogP contribution in [0.15, 0.2) is 67.4 Å². The van der Waals surface area contributed by atoms with E-state index in [0.29, 0.717) is 11.5 Å². The van der Waals surface area contributed by atoms with Gasteiger partial charge in [0.05, 0.1) is 16.8 Å². The minimum Gasteiger partial charge on any atom is -0.370 e. The first-order valence-corrected chi connectivity index (χ1v) is 10.6. The molecule has 0 saturated heterocycles. The molecule has 0 aliphatic carbocycles. The number of pyridine rings is 2. The van der Waals surface area contributed by atoms with Crippen LogP contribution in [0.3, 0.4) is 0 Å². The van der Waals surface area contributed by atoms with Gasteiger partial charge < -0.3 is 10.6 Å². The highest BCUT2D eigenvalue weighted by Crippen LogP contribution is 2.31. The molecule has 0 bridgehead atoms. The molecule has 162 valence electrons. The summed E-state index contributed by atoms with van der Waals surface area (Å²) in [5.41, 5.74) is 4.42. The fraction of sp³-hybridized carbons (Fsp3) is 0.240. The summed E-state index contributed by atoms with van der Waals surface area (Å²) in [5.74, 6) is 1.18. The van der Waals surface area contributed by atoms with E-state index in [0.717, 1.165) is 40.1 Å². The van der Waals surface area contributed by atoms with E-state index in [4.69, 9.17) is 0 Å². The van der Waals surface area contributed by atoms with E-state index >= 15 is 0 Å². The molecule has 0 aliphatic heterocycles. The maximum absolute atomic E-state index is 12.3. The number of fused-ring (bicyclic) bond motifs is 1. The van der Waals surface area contributed by atoms with Crippen molar-refractivity contribution in [1.82, 2.24) is 25.3 Å². The molecular weight excluding hydrogens is 400 g/mol. The average Bonchev–Trinajstić information content (AvgIpc) is 2.86. The van der Waals surface area contributed by atoms with Crippen LogP contribution in [0.25, 0.3) is 22.2 Å². The molecule has 3 heterocycles. The van der Waals surface area contributed by atoms with Crippen molar-refractivity contribution in [1.29, 1.82) is 0 Å². The Labute approximate surface area is 187 Å². The third kappa shape index (κ3) is 4.42. The summed E-state index contributed by atoms with van der Waals surface area (Å²) >= 11 is 0. The first-order chi connectivity index (χ1) is 15.6. The van der Waals surface area contributed by atoms with E-state index in [9.17, 15) is 4.79 Å². The molecule has 0 saturated carbocycles. The molecular formula is C25H26N6O. The second kappa shape index (κ2) is 9.51. The van der Waals surface area contributed by atoms with Gasteiger partial charge in [-0.15, -0.1) is 0 Å². The summed E-state index contributed by atoms with van der Waals surface area (Å²) in [4.78, 5) is 29.7. The van der Waals surface area contributed by atoms with E-state index in [2.05, 4.69) is 50.5 Å². The molecule has 4 rings (SSSR count). The molecule has 0 radical (unpaired) electrons. The van der Waals surface area contributed by atoms with E-state index < -0.39 is 0 Å². The third-order valence-corrected chi connectivity index (χ3v) is 5.85. The first-order valence-electron chi connectivity index (χ1n) is 10.6. The highest BCUT2D eigenvalue weighted by molar-refractivity contribution is 6.06. The molecule has 7 nitrogen and oxygen atoms in total. The van der Waals surface area contributed by atoms with E-state index in [1.807, 2.05) is 30.3 Å². The van der Waals surface area contributed by atoms with Gasteiger partial charge in [0.25, 0.3) is 5.91 Å². The molecule has 2 N–H and O–H groups in total. The molecule has 32 heavy (non-hydrogen) atoms. The number of anilines is 1. The topological polar surface area (TPSA) is 92.7 Å². The van der Waals surface area contributed by atoms with Gasteiger partial charge in [0, 0.05) is 49.2 Å². The van der Waals surface area contributed by atoms with Gasteiger partial charge in [-0.2, -0.15) is 0 Å². The number of hydrogen-bond acceptors (Lipinski definition) is 6. The quantitative estimate of drug-likeness (QED) is 0.458. The van der Waals surface area contributed by atoms with Gasteiger partial charge in [-0.1, -0.05) is 32.0 Å². The van der Waals surface area contributed by atoms with Crippen molar-refractivity contribution in [3.8, 4) is 11.3 Å². The number of benzene rings is 1. The average molecular weight is 427 g/mol. The number of aromatic nitrogens is 4. The summed E-state index contributed by atoms with van der Waals surface area (Å²) in [7, 11) is 1.64. The zero-order chi connectivity index (χ0) is 22.5. The Balaban J connectivity index is 1.52. The molecule has 1 unspecified atom stereocenters. The van der Waals surface area contributed by atoms with Gasteiger partial charge in [0.1, 0.15) is 12.1 Å². The van der Waals surface area contributed by atoms with Crippen LogP contribution in [0.4, 0.5) is 5.82 Å². The second-order valence-corrected chi connectivity index (χ2v) is 7.86. The standard InChI is InChI=1S/C25H26N6O/c1-16(13-29-23-12-22(30-15-31-23)18-6-5-10-27-14-18)17(2)19-7-4-8-20-21(25(32)26-3)9-11-28-24(19)20/h4-12,14-17H,13H2,1-3H3,(H,26,32)(H,29,30,31)/t16-,17?/m1/s1. The number of nitrogens with one attached hydrogen (secondary N) is 2. The summed E-state index contributed by atoms with van der Waals surface area (Å²) in [5, 5.41) is 7.01. The SMILES string of the molecule is CNC(=O)c1ccnc2c(C(C)[C@H](C)CNc3cc(-c4cccnc4)ncn3)cccc12. The minimum atomic E-state index is -0.106. The normalized spacial score (nSPS) is 12.8. The van der Waals surface area contributed by atoms with Crippen molar-refractivity contribution in [3.63, 3.8) is 0 Å². The van der Waals surface area contributed by atoms with Crippen molar-refractivity contribution >= 4 is 22.6 Å². The predicted molar refractivity (Wildman–Crippen MR) is 126 cm³/mol. The fourth-order valence-electron chi connectivity index (χ4n) is 3.77. The van der Waals surface area contributed by atoms with Gasteiger partial charge in [-0.05, 0) is 35.6 Å². The van der Waals surface area contributed by atoms with Crippen molar-refractivity contribution < 1.29 is 4.79 Å². The molecule has 3 aromatic heterocycles. The fourth-order valence-corrected chi connectivity index (χ4v) is 3.77. The Hall–Kier alpha value is -3.87. The second-order valence-electron chi connectivity index (χ2n) is 7.86. The van der Waals surface area contributed by atoms with Crippen molar-refractivity contribution in [2.75, 3.05) is 18.9 Å². The van der Waals surface area contributed by atoms with Crippen LogP contribution in [0.2, 0.25) is 0 Å². The van der Waals surface area contributed by atoms with Gasteiger partial charge >= 0.3 is 0 Å². The van der Waals surface area contributed by atoms with Crippen molar-refractivity contribution in [3.05, 3.63) is 78.5 Å². The lowest BCUT2D eigenvalue weighted by atomic mass is 9.87. The summed E-state index contributed by atoms with van der Waals surface area (Å²) in [6.45, 7) is 5.12. The van der Waals surface area contributed by atoms with Crippen molar-refractivity contribution in [2.45, 2.75) is 19.8 Å². The summed E-state index contributed by atoms with van der Waals surface area (Å²) in [6, 6.07) is 13.6. The first kappa shape index (κ1) is 21.4. The van der Waals surface area contributed by atoms with Crippen molar-refractivity contribution in [2.24, 2.45) is 5.92 Å². The number of amides is 1. The molecule has 1 amide bonds. The van der Waals surface area contributed by atoms with Crippen LogP contribution >= 0.6 is 0 Å². The lowest BCUT2D eigenvalue weighted by Crippen LogP contribution is -2.19. The smallest absolute Gasteiger partial charge is 0.251 e. The maximum Gasteiger partial charge on any atom is 0.251 e. The minimum absolute atomic E-state index is 0.106. The Morgan fingerprint density at radius 3 is 2.69 bits per heavy atom. The predicted octanol–water partition coefficient (Wildman–Crippen LogP) is 4.30. The Morgan fingerprint density at radius 2 is 1.91 bits per heavy atom. The van der Waals surface area contributed by atoms with Gasteiger partial charge in [-0.3, -0.25) is 14.8 Å². The van der Waals surface area contributed by atoms with Crippen LogP contribution in [0.1, 0.15) is 35.7 Å². The highest BCUT2D eigenvalue weighted by Gasteiger charge is 2.19. The van der Waals surface area contributed by atoms with E-state index in [1.54, 1.807) is 38.0 Å². The third-order valence-electron chi connectivity index (χ3n) is 5.85. The van der Waals surface area contributed by atoms with Gasteiger partial charge in [-0.25, -0.2) is 9.97 Å². The highest BCUT2D eigenvalue weighted by atomic mass is 16.1. The zero-order valence-corrected chi connectivity index (χ0v) is 18.4. The molecule has 7 heteroatoms. The number of carbonyl (C=O) groups is 1. The zero-order valence-electron chi connectivity index (χ0n) is 18.4. The Kier molecular flexibility index (Phi) is 6.35.